The third-order valence-electron chi connectivity index (χ3n) is 5.56. The molecule has 0 fully saturated rings. The fourth-order valence-corrected chi connectivity index (χ4v) is 3.50. The van der Waals surface area contributed by atoms with Gasteiger partial charge < -0.3 is 14.2 Å². The van der Waals surface area contributed by atoms with Crippen molar-refractivity contribution in [1.29, 1.82) is 0 Å². The summed E-state index contributed by atoms with van der Waals surface area (Å²) in [5, 5.41) is 4.29. The van der Waals surface area contributed by atoms with Gasteiger partial charge in [-0.2, -0.15) is 0 Å². The minimum Gasteiger partial charge on any atom is -0.452 e. The van der Waals surface area contributed by atoms with Crippen LogP contribution in [0.5, 0.6) is 0 Å². The van der Waals surface area contributed by atoms with Gasteiger partial charge in [-0.15, -0.1) is 0 Å². The number of ether oxygens (including phenoxy) is 1. The number of halogens is 1. The Morgan fingerprint density at radius 2 is 1.82 bits per heavy atom. The molecule has 1 amide bonds. The van der Waals surface area contributed by atoms with Gasteiger partial charge in [-0.25, -0.2) is 14.2 Å². The number of pyridine rings is 1. The van der Waals surface area contributed by atoms with E-state index in [4.69, 9.17) is 9.26 Å². The van der Waals surface area contributed by atoms with E-state index in [1.807, 2.05) is 37.3 Å². The molecule has 33 heavy (non-hydrogen) atoms. The summed E-state index contributed by atoms with van der Waals surface area (Å²) in [6.07, 6.45) is 0. The van der Waals surface area contributed by atoms with Crippen molar-refractivity contribution < 1.29 is 23.2 Å². The lowest BCUT2D eigenvalue weighted by Crippen LogP contribution is -2.33. The lowest BCUT2D eigenvalue weighted by molar-refractivity contribution is -0.135. The van der Waals surface area contributed by atoms with E-state index in [0.29, 0.717) is 22.3 Å². The Morgan fingerprint density at radius 3 is 2.52 bits per heavy atom. The van der Waals surface area contributed by atoms with Crippen molar-refractivity contribution in [2.45, 2.75) is 19.9 Å². The quantitative estimate of drug-likeness (QED) is 0.398. The maximum Gasteiger partial charge on any atom is 0.339 e. The van der Waals surface area contributed by atoms with Crippen LogP contribution in [0.15, 0.2) is 65.2 Å². The second kappa shape index (κ2) is 9.20. The van der Waals surface area contributed by atoms with Crippen LogP contribution in [-0.2, 0) is 9.53 Å². The Hall–Kier alpha value is -4.07. The zero-order valence-corrected chi connectivity index (χ0v) is 18.4. The number of carbonyl (C=O) groups excluding carboxylic acids is 2. The topological polar surface area (TPSA) is 85.5 Å². The first-order chi connectivity index (χ1) is 15.8. The molecule has 0 aliphatic carbocycles. The number of benzene rings is 2. The van der Waals surface area contributed by atoms with Crippen molar-refractivity contribution in [3.63, 3.8) is 0 Å². The third kappa shape index (κ3) is 4.59. The molecule has 168 valence electrons. The van der Waals surface area contributed by atoms with Crippen molar-refractivity contribution in [1.82, 2.24) is 15.0 Å². The fraction of sp³-hybridized carbons (Fsp3) is 0.200. The van der Waals surface area contributed by atoms with E-state index in [2.05, 4.69) is 10.1 Å². The highest BCUT2D eigenvalue weighted by molar-refractivity contribution is 6.04. The zero-order chi connectivity index (χ0) is 23.5. The Labute approximate surface area is 189 Å². The molecule has 0 aliphatic rings. The van der Waals surface area contributed by atoms with E-state index in [1.165, 1.54) is 23.1 Å². The molecule has 0 saturated carbocycles. The monoisotopic (exact) mass is 447 g/mol. The number of aromatic nitrogens is 2. The molecule has 1 atom stereocenters. The number of amides is 1. The zero-order valence-electron chi connectivity index (χ0n) is 18.4. The molecule has 4 rings (SSSR count). The van der Waals surface area contributed by atoms with Gasteiger partial charge in [0, 0.05) is 12.6 Å². The van der Waals surface area contributed by atoms with Gasteiger partial charge in [0.05, 0.1) is 28.4 Å². The van der Waals surface area contributed by atoms with E-state index in [1.54, 1.807) is 26.1 Å². The second-order valence-corrected chi connectivity index (χ2v) is 7.68. The molecule has 0 radical (unpaired) electrons. The first-order valence-electron chi connectivity index (χ1n) is 10.4. The summed E-state index contributed by atoms with van der Waals surface area (Å²) in [4.78, 5) is 31.5. The van der Waals surface area contributed by atoms with Crippen LogP contribution in [0.2, 0.25) is 0 Å². The molecule has 7 nitrogen and oxygen atoms in total. The SMILES string of the molecule is Cc1noc2nc(-c3ccc(F)cc3)cc(C(=O)OCC(=O)N(C)C(C)c3ccccc3)c12. The van der Waals surface area contributed by atoms with Crippen LogP contribution in [0.25, 0.3) is 22.4 Å². The minimum absolute atomic E-state index is 0.155. The first-order valence-corrected chi connectivity index (χ1v) is 10.4. The molecule has 0 aliphatic heterocycles. The van der Waals surface area contributed by atoms with Crippen LogP contribution in [-0.4, -0.2) is 40.6 Å². The number of nitrogens with zero attached hydrogens (tertiary/aromatic N) is 3. The molecule has 4 aromatic rings. The van der Waals surface area contributed by atoms with Crippen LogP contribution in [0, 0.1) is 12.7 Å². The lowest BCUT2D eigenvalue weighted by atomic mass is 10.1. The average Bonchev–Trinajstić information content (AvgIpc) is 3.22. The van der Waals surface area contributed by atoms with Gasteiger partial charge in [-0.05, 0) is 49.7 Å². The number of hydrogen-bond donors (Lipinski definition) is 0. The average molecular weight is 447 g/mol. The molecule has 8 heteroatoms. The van der Waals surface area contributed by atoms with Gasteiger partial charge in [0.2, 0.25) is 0 Å². The summed E-state index contributed by atoms with van der Waals surface area (Å²) in [6, 6.07) is 16.6. The number of fused-ring (bicyclic) bond motifs is 1. The Kier molecular flexibility index (Phi) is 6.17. The van der Waals surface area contributed by atoms with Gasteiger partial charge in [0.1, 0.15) is 5.82 Å². The molecule has 2 aromatic carbocycles. The second-order valence-electron chi connectivity index (χ2n) is 7.68. The van der Waals surface area contributed by atoms with Gasteiger partial charge in [0.25, 0.3) is 11.6 Å². The van der Waals surface area contributed by atoms with E-state index in [0.717, 1.165) is 5.56 Å². The number of carbonyl (C=O) groups is 2. The van der Waals surface area contributed by atoms with E-state index >= 15 is 0 Å². The minimum atomic E-state index is -0.703. The predicted molar refractivity (Wildman–Crippen MR) is 120 cm³/mol. The van der Waals surface area contributed by atoms with E-state index in [-0.39, 0.29) is 29.0 Å². The standard InChI is InChI=1S/C25H22FN3O4/c1-15-23-20(13-21(27-24(23)33-28-15)18-9-11-19(26)12-10-18)25(31)32-14-22(30)29(3)16(2)17-7-5-4-6-8-17/h4-13,16H,14H2,1-3H3. The Morgan fingerprint density at radius 1 is 1.12 bits per heavy atom. The summed E-state index contributed by atoms with van der Waals surface area (Å²) in [7, 11) is 1.66. The van der Waals surface area contributed by atoms with Crippen LogP contribution < -0.4 is 0 Å². The predicted octanol–water partition coefficient (Wildman–Crippen LogP) is 4.71. The molecular weight excluding hydrogens is 425 g/mol. The van der Waals surface area contributed by atoms with Crippen LogP contribution in [0.3, 0.4) is 0 Å². The number of aryl methyl sites for hydroxylation is 1. The molecule has 0 saturated heterocycles. The maximum atomic E-state index is 13.3. The molecule has 0 spiro atoms. The van der Waals surface area contributed by atoms with Crippen molar-refractivity contribution in [2.24, 2.45) is 0 Å². The number of likely N-dealkylation sites (N-methyl/N-ethyl adjacent to an activating group) is 1. The summed E-state index contributed by atoms with van der Waals surface area (Å²) >= 11 is 0. The number of esters is 1. The largest absolute Gasteiger partial charge is 0.452 e. The summed E-state index contributed by atoms with van der Waals surface area (Å²) < 4.78 is 23.9. The maximum absolute atomic E-state index is 13.3. The van der Waals surface area contributed by atoms with Crippen molar-refractivity contribution in [2.75, 3.05) is 13.7 Å². The molecule has 2 aromatic heterocycles. The van der Waals surface area contributed by atoms with Crippen LogP contribution in [0.1, 0.15) is 34.6 Å². The summed E-state index contributed by atoms with van der Waals surface area (Å²) in [6.45, 7) is 3.16. The van der Waals surface area contributed by atoms with E-state index in [9.17, 15) is 14.0 Å². The molecule has 0 bridgehead atoms. The summed E-state index contributed by atoms with van der Waals surface area (Å²) in [5.74, 6) is -1.43. The molecule has 2 heterocycles. The van der Waals surface area contributed by atoms with Gasteiger partial charge in [0.15, 0.2) is 6.61 Å². The highest BCUT2D eigenvalue weighted by atomic mass is 19.1. The van der Waals surface area contributed by atoms with Crippen molar-refractivity contribution in [3.05, 3.63) is 83.3 Å². The fourth-order valence-electron chi connectivity index (χ4n) is 3.50. The molecular formula is C25H22FN3O4. The van der Waals surface area contributed by atoms with Gasteiger partial charge >= 0.3 is 5.97 Å². The number of rotatable bonds is 6. The Bertz CT molecular complexity index is 1300. The van der Waals surface area contributed by atoms with E-state index < -0.39 is 12.6 Å². The highest BCUT2D eigenvalue weighted by Gasteiger charge is 2.23. The van der Waals surface area contributed by atoms with Crippen LogP contribution >= 0.6 is 0 Å². The smallest absolute Gasteiger partial charge is 0.339 e. The summed E-state index contributed by atoms with van der Waals surface area (Å²) in [5.41, 5.74) is 2.75. The van der Waals surface area contributed by atoms with Gasteiger partial charge in [-0.1, -0.05) is 35.5 Å². The number of hydrogen-bond acceptors (Lipinski definition) is 6. The lowest BCUT2D eigenvalue weighted by Gasteiger charge is -2.25. The van der Waals surface area contributed by atoms with Crippen LogP contribution in [0.4, 0.5) is 4.39 Å². The third-order valence-corrected chi connectivity index (χ3v) is 5.56. The molecule has 1 unspecified atom stereocenters. The highest BCUT2D eigenvalue weighted by Crippen LogP contribution is 2.28. The van der Waals surface area contributed by atoms with Crippen molar-refractivity contribution >= 4 is 23.0 Å². The molecule has 0 N–H and O–H groups in total. The first kappa shape index (κ1) is 22.1. The normalized spacial score (nSPS) is 11.9. The van der Waals surface area contributed by atoms with Crippen molar-refractivity contribution in [3.8, 4) is 11.3 Å². The van der Waals surface area contributed by atoms with Gasteiger partial charge in [-0.3, -0.25) is 4.79 Å². The Balaban J connectivity index is 1.55.